The van der Waals surface area contributed by atoms with Gasteiger partial charge in [0.1, 0.15) is 36.0 Å². The summed E-state index contributed by atoms with van der Waals surface area (Å²) < 4.78 is 11.7. The maximum absolute atomic E-state index is 10.8. The van der Waals surface area contributed by atoms with Crippen LogP contribution in [-0.4, -0.2) is 45.9 Å². The summed E-state index contributed by atoms with van der Waals surface area (Å²) in [5.41, 5.74) is 2.48. The lowest BCUT2D eigenvalue weighted by molar-refractivity contribution is 0.517. The van der Waals surface area contributed by atoms with E-state index in [0.29, 0.717) is 42.1 Å². The lowest BCUT2D eigenvalue weighted by Crippen LogP contribution is -2.02. The number of rotatable bonds is 7. The highest BCUT2D eigenvalue weighted by Crippen LogP contribution is 2.17. The Kier molecular flexibility index (Phi) is 5.88. The lowest BCUT2D eigenvalue weighted by Gasteiger charge is -2.03. The second-order valence-electron chi connectivity index (χ2n) is 6.84. The summed E-state index contributed by atoms with van der Waals surface area (Å²) >= 11 is 0. The number of carbonyl (C=O) groups excluding carboxylic acids is 1. The first kappa shape index (κ1) is 20.8. The SMILES string of the molecule is O=Cn1cnc2c(NCc3ccco3)ncnc21.c1coc(CNc2ncnc3nc[nH]c23)c1. The van der Waals surface area contributed by atoms with Gasteiger partial charge in [0.05, 0.1) is 31.9 Å². The van der Waals surface area contributed by atoms with Crippen molar-refractivity contribution in [3.8, 4) is 0 Å². The van der Waals surface area contributed by atoms with Crippen molar-refractivity contribution in [3.63, 3.8) is 0 Å². The first-order valence-electron chi connectivity index (χ1n) is 10.1. The fraction of sp³-hybridized carbons (Fsp3) is 0.0952. The number of nitrogens with one attached hydrogen (secondary N) is 3. The van der Waals surface area contributed by atoms with E-state index < -0.39 is 0 Å². The number of carbonyl (C=O) groups is 1. The number of aromatic nitrogens is 8. The topological polar surface area (TPSA) is 165 Å². The Morgan fingerprint density at radius 1 is 0.882 bits per heavy atom. The molecule has 0 saturated carbocycles. The van der Waals surface area contributed by atoms with Crippen molar-refractivity contribution >= 4 is 40.4 Å². The summed E-state index contributed by atoms with van der Waals surface area (Å²) in [6, 6.07) is 7.42. The zero-order valence-electron chi connectivity index (χ0n) is 17.6. The largest absolute Gasteiger partial charge is 0.467 e. The lowest BCUT2D eigenvalue weighted by atomic mass is 10.4. The van der Waals surface area contributed by atoms with Crippen LogP contribution in [0.1, 0.15) is 11.5 Å². The van der Waals surface area contributed by atoms with Crippen molar-refractivity contribution in [1.82, 2.24) is 39.5 Å². The molecular formula is C21H18N10O3. The maximum Gasteiger partial charge on any atom is 0.220 e. The molecule has 0 saturated heterocycles. The second-order valence-corrected chi connectivity index (χ2v) is 6.84. The molecule has 6 aromatic heterocycles. The highest BCUT2D eigenvalue weighted by atomic mass is 16.3. The molecule has 34 heavy (non-hydrogen) atoms. The number of hydrogen-bond donors (Lipinski definition) is 3. The average molecular weight is 458 g/mol. The van der Waals surface area contributed by atoms with Gasteiger partial charge in [-0.05, 0) is 24.3 Å². The molecule has 6 rings (SSSR count). The summed E-state index contributed by atoms with van der Waals surface area (Å²) in [6.07, 6.45) is 9.76. The van der Waals surface area contributed by atoms with Gasteiger partial charge in [0.25, 0.3) is 0 Å². The van der Waals surface area contributed by atoms with Gasteiger partial charge >= 0.3 is 0 Å². The van der Waals surface area contributed by atoms with E-state index >= 15 is 0 Å². The van der Waals surface area contributed by atoms with Crippen LogP contribution in [0.4, 0.5) is 11.6 Å². The van der Waals surface area contributed by atoms with Gasteiger partial charge in [-0.15, -0.1) is 0 Å². The molecular weight excluding hydrogens is 440 g/mol. The normalized spacial score (nSPS) is 10.7. The third-order valence-corrected chi connectivity index (χ3v) is 4.72. The van der Waals surface area contributed by atoms with E-state index in [1.807, 2.05) is 24.3 Å². The molecule has 0 fully saturated rings. The third-order valence-electron chi connectivity index (χ3n) is 4.72. The van der Waals surface area contributed by atoms with Crippen molar-refractivity contribution in [2.24, 2.45) is 0 Å². The van der Waals surface area contributed by atoms with Gasteiger partial charge in [0.15, 0.2) is 28.4 Å². The van der Waals surface area contributed by atoms with E-state index in [-0.39, 0.29) is 0 Å². The molecule has 6 heterocycles. The quantitative estimate of drug-likeness (QED) is 0.301. The van der Waals surface area contributed by atoms with Crippen molar-refractivity contribution in [2.45, 2.75) is 13.1 Å². The van der Waals surface area contributed by atoms with Crippen LogP contribution in [0.5, 0.6) is 0 Å². The summed E-state index contributed by atoms with van der Waals surface area (Å²) in [4.78, 5) is 38.2. The highest BCUT2D eigenvalue weighted by molar-refractivity contribution is 5.86. The molecule has 13 heteroatoms. The van der Waals surface area contributed by atoms with E-state index in [4.69, 9.17) is 8.83 Å². The third kappa shape index (κ3) is 4.43. The zero-order chi connectivity index (χ0) is 23.2. The van der Waals surface area contributed by atoms with Gasteiger partial charge in [-0.2, -0.15) is 0 Å². The number of anilines is 2. The molecule has 0 aliphatic carbocycles. The van der Waals surface area contributed by atoms with E-state index in [1.54, 1.807) is 18.9 Å². The van der Waals surface area contributed by atoms with E-state index in [2.05, 4.69) is 45.5 Å². The number of fused-ring (bicyclic) bond motifs is 2. The minimum Gasteiger partial charge on any atom is -0.467 e. The first-order valence-corrected chi connectivity index (χ1v) is 10.1. The van der Waals surface area contributed by atoms with Crippen LogP contribution in [0.3, 0.4) is 0 Å². The fourth-order valence-electron chi connectivity index (χ4n) is 3.13. The van der Waals surface area contributed by atoms with Crippen LogP contribution in [0.15, 0.2) is 70.9 Å². The monoisotopic (exact) mass is 458 g/mol. The molecule has 0 aromatic carbocycles. The van der Waals surface area contributed by atoms with Gasteiger partial charge in [0.2, 0.25) is 6.41 Å². The number of nitrogens with zero attached hydrogens (tertiary/aromatic N) is 7. The van der Waals surface area contributed by atoms with Gasteiger partial charge in [-0.3, -0.25) is 9.36 Å². The molecule has 6 aromatic rings. The number of imidazole rings is 2. The average Bonchev–Trinajstić information content (AvgIpc) is 3.69. The standard InChI is InChI=1S/C11H9N5O2.C10H9N5O/c17-7-16-6-15-9-10(13-5-14-11(9)16)12-4-8-2-1-3-18-8;1-2-7(16-3-1)4-11-9-8-10(13-5-12-8)15-6-14-9/h1-3,5-7H,4H2,(H,12,13,14);1-3,5-6H,4H2,(H2,11,12,13,14,15). The predicted molar refractivity (Wildman–Crippen MR) is 121 cm³/mol. The zero-order valence-corrected chi connectivity index (χ0v) is 17.6. The van der Waals surface area contributed by atoms with E-state index in [9.17, 15) is 4.79 Å². The Bertz CT molecular complexity index is 1490. The summed E-state index contributed by atoms with van der Waals surface area (Å²) in [6.45, 7) is 1.07. The smallest absolute Gasteiger partial charge is 0.220 e. The number of aromatic amines is 1. The molecule has 0 aliphatic heterocycles. The molecule has 170 valence electrons. The van der Waals surface area contributed by atoms with Crippen LogP contribution in [-0.2, 0) is 17.9 Å². The number of furan rings is 2. The maximum atomic E-state index is 10.8. The molecule has 13 nitrogen and oxygen atoms in total. The second kappa shape index (κ2) is 9.60. The van der Waals surface area contributed by atoms with Crippen molar-refractivity contribution in [3.05, 3.63) is 73.6 Å². The molecule has 0 atom stereocenters. The van der Waals surface area contributed by atoms with Crippen LogP contribution in [0.25, 0.3) is 22.3 Å². The van der Waals surface area contributed by atoms with E-state index in [1.165, 1.54) is 23.5 Å². The van der Waals surface area contributed by atoms with Crippen LogP contribution >= 0.6 is 0 Å². The summed E-state index contributed by atoms with van der Waals surface area (Å²) in [7, 11) is 0. The van der Waals surface area contributed by atoms with Crippen molar-refractivity contribution in [2.75, 3.05) is 10.6 Å². The van der Waals surface area contributed by atoms with Gasteiger partial charge < -0.3 is 24.5 Å². The summed E-state index contributed by atoms with van der Waals surface area (Å²) in [5, 5.41) is 6.25. The van der Waals surface area contributed by atoms with E-state index in [0.717, 1.165) is 22.9 Å². The number of H-pyrrole nitrogens is 1. The van der Waals surface area contributed by atoms with Gasteiger partial charge in [-0.1, -0.05) is 0 Å². The predicted octanol–water partition coefficient (Wildman–Crippen LogP) is 2.63. The van der Waals surface area contributed by atoms with Crippen molar-refractivity contribution in [1.29, 1.82) is 0 Å². The molecule has 0 radical (unpaired) electrons. The first-order chi connectivity index (χ1) is 16.8. The van der Waals surface area contributed by atoms with Gasteiger partial charge in [0, 0.05) is 0 Å². The fourth-order valence-corrected chi connectivity index (χ4v) is 3.13. The van der Waals surface area contributed by atoms with Crippen LogP contribution in [0, 0.1) is 0 Å². The Morgan fingerprint density at radius 2 is 1.59 bits per heavy atom. The molecule has 3 N–H and O–H groups in total. The Labute approximate surface area is 191 Å². The van der Waals surface area contributed by atoms with Gasteiger partial charge in [-0.25, -0.2) is 29.9 Å². The minimum absolute atomic E-state index is 0.474. The molecule has 0 spiro atoms. The molecule has 0 bridgehead atoms. The molecule has 0 amide bonds. The van der Waals surface area contributed by atoms with Crippen molar-refractivity contribution < 1.29 is 13.6 Å². The Balaban J connectivity index is 0.000000142. The Hall–Kier alpha value is -5.07. The molecule has 0 aliphatic rings. The molecule has 0 unspecified atom stereocenters. The highest BCUT2D eigenvalue weighted by Gasteiger charge is 2.09. The van der Waals surface area contributed by atoms with Crippen LogP contribution in [0.2, 0.25) is 0 Å². The minimum atomic E-state index is 0.474. The number of hydrogen-bond acceptors (Lipinski definition) is 11. The van der Waals surface area contributed by atoms with Crippen LogP contribution < -0.4 is 10.6 Å². The summed E-state index contributed by atoms with van der Waals surface area (Å²) in [5.74, 6) is 2.93. The Morgan fingerprint density at radius 3 is 2.29 bits per heavy atom.